The minimum atomic E-state index is 1.00. The Labute approximate surface area is 136 Å². The van der Waals surface area contributed by atoms with Gasteiger partial charge in [0.2, 0.25) is 0 Å². The number of para-hydroxylation sites is 1. The van der Waals surface area contributed by atoms with E-state index < -0.39 is 0 Å². The molecular formula is C21H18N2. The van der Waals surface area contributed by atoms with Crippen molar-refractivity contribution in [1.82, 2.24) is 9.55 Å². The first-order valence-electron chi connectivity index (χ1n) is 7.93. The van der Waals surface area contributed by atoms with Gasteiger partial charge in [-0.25, -0.2) is 4.98 Å². The fraction of sp³-hybridized carbons (Fsp3) is 0.0952. The average molecular weight is 298 g/mol. The van der Waals surface area contributed by atoms with Gasteiger partial charge in [-0.15, -0.1) is 0 Å². The van der Waals surface area contributed by atoms with Crippen molar-refractivity contribution < 1.29 is 0 Å². The number of nitrogens with zero attached hydrogens (tertiary/aromatic N) is 2. The predicted octanol–water partition coefficient (Wildman–Crippen LogP) is 5.14. The number of rotatable bonds is 3. The summed E-state index contributed by atoms with van der Waals surface area (Å²) < 4.78 is 2.29. The molecule has 0 unspecified atom stereocenters. The number of benzene rings is 2. The molecular weight excluding hydrogens is 280 g/mol. The van der Waals surface area contributed by atoms with Crippen LogP contribution < -0.4 is 0 Å². The zero-order valence-electron chi connectivity index (χ0n) is 12.9. The third-order valence-electron chi connectivity index (χ3n) is 4.25. The molecule has 1 aliphatic carbocycles. The molecule has 2 aromatic carbocycles. The normalized spacial score (nSPS) is 12.9. The molecule has 0 aliphatic heterocycles. The SMILES string of the molecule is C=Cc1ccc(-c2nc3c(n2-c2ccccc2)CCC=C3)cc1. The fourth-order valence-corrected chi connectivity index (χ4v) is 3.08. The lowest BCUT2D eigenvalue weighted by atomic mass is 10.1. The van der Waals surface area contributed by atoms with Crippen LogP contribution in [0.4, 0.5) is 0 Å². The van der Waals surface area contributed by atoms with Crippen molar-refractivity contribution in [3.05, 3.63) is 84.2 Å². The largest absolute Gasteiger partial charge is 0.296 e. The van der Waals surface area contributed by atoms with Gasteiger partial charge in [0.1, 0.15) is 5.82 Å². The zero-order valence-corrected chi connectivity index (χ0v) is 12.9. The van der Waals surface area contributed by atoms with Crippen LogP contribution in [0.2, 0.25) is 0 Å². The Morgan fingerprint density at radius 1 is 1.00 bits per heavy atom. The maximum atomic E-state index is 4.90. The minimum Gasteiger partial charge on any atom is -0.296 e. The minimum absolute atomic E-state index is 1.00. The van der Waals surface area contributed by atoms with E-state index in [2.05, 4.69) is 71.8 Å². The molecule has 0 saturated carbocycles. The monoisotopic (exact) mass is 298 g/mol. The second kappa shape index (κ2) is 5.73. The number of imidazole rings is 1. The van der Waals surface area contributed by atoms with E-state index in [-0.39, 0.29) is 0 Å². The molecule has 23 heavy (non-hydrogen) atoms. The standard InChI is InChI=1S/C21H18N2/c1-2-16-12-14-17(15-13-16)21-22-19-10-6-7-11-20(19)23(21)18-8-4-3-5-9-18/h2-6,8-10,12-15H,1,7,11H2. The van der Waals surface area contributed by atoms with Crippen LogP contribution in [0.1, 0.15) is 23.4 Å². The summed E-state index contributed by atoms with van der Waals surface area (Å²) in [7, 11) is 0. The molecule has 0 radical (unpaired) electrons. The van der Waals surface area contributed by atoms with Crippen molar-refractivity contribution in [2.45, 2.75) is 12.8 Å². The smallest absolute Gasteiger partial charge is 0.145 e. The number of aromatic nitrogens is 2. The summed E-state index contributed by atoms with van der Waals surface area (Å²) in [6.45, 7) is 3.82. The lowest BCUT2D eigenvalue weighted by molar-refractivity contribution is 0.878. The third-order valence-corrected chi connectivity index (χ3v) is 4.25. The van der Waals surface area contributed by atoms with Crippen LogP contribution in [0.5, 0.6) is 0 Å². The van der Waals surface area contributed by atoms with E-state index in [9.17, 15) is 0 Å². The Balaban J connectivity index is 1.93. The van der Waals surface area contributed by atoms with Gasteiger partial charge in [-0.3, -0.25) is 4.57 Å². The highest BCUT2D eigenvalue weighted by Gasteiger charge is 2.19. The summed E-state index contributed by atoms with van der Waals surface area (Å²) in [4.78, 5) is 4.90. The van der Waals surface area contributed by atoms with Crippen LogP contribution in [-0.2, 0) is 6.42 Å². The molecule has 2 heteroatoms. The first kappa shape index (κ1) is 13.8. The third kappa shape index (κ3) is 2.42. The summed E-state index contributed by atoms with van der Waals surface area (Å²) in [5, 5.41) is 0. The number of hydrogen-bond acceptors (Lipinski definition) is 1. The molecule has 1 heterocycles. The molecule has 0 N–H and O–H groups in total. The average Bonchev–Trinajstić information content (AvgIpc) is 3.02. The fourth-order valence-electron chi connectivity index (χ4n) is 3.08. The van der Waals surface area contributed by atoms with Crippen molar-refractivity contribution in [3.63, 3.8) is 0 Å². The van der Waals surface area contributed by atoms with Gasteiger partial charge in [-0.05, 0) is 36.6 Å². The molecule has 0 spiro atoms. The second-order valence-corrected chi connectivity index (χ2v) is 5.71. The lowest BCUT2D eigenvalue weighted by Gasteiger charge is -2.13. The predicted molar refractivity (Wildman–Crippen MR) is 96.4 cm³/mol. The lowest BCUT2D eigenvalue weighted by Crippen LogP contribution is -2.04. The van der Waals surface area contributed by atoms with Crippen molar-refractivity contribution >= 4 is 12.2 Å². The van der Waals surface area contributed by atoms with Crippen LogP contribution in [0, 0.1) is 0 Å². The van der Waals surface area contributed by atoms with Crippen molar-refractivity contribution in [3.8, 4) is 17.1 Å². The Hall–Kier alpha value is -2.87. The first-order chi connectivity index (χ1) is 11.4. The molecule has 112 valence electrons. The maximum absolute atomic E-state index is 4.90. The molecule has 0 amide bonds. The van der Waals surface area contributed by atoms with Crippen molar-refractivity contribution in [2.75, 3.05) is 0 Å². The second-order valence-electron chi connectivity index (χ2n) is 5.71. The highest BCUT2D eigenvalue weighted by atomic mass is 15.1. The van der Waals surface area contributed by atoms with Crippen LogP contribution in [0.3, 0.4) is 0 Å². The van der Waals surface area contributed by atoms with Gasteiger partial charge >= 0.3 is 0 Å². The Morgan fingerprint density at radius 2 is 1.78 bits per heavy atom. The summed E-state index contributed by atoms with van der Waals surface area (Å²) in [5.74, 6) is 1.00. The van der Waals surface area contributed by atoms with E-state index in [0.29, 0.717) is 0 Å². The van der Waals surface area contributed by atoms with Crippen LogP contribution >= 0.6 is 0 Å². The van der Waals surface area contributed by atoms with Crippen LogP contribution in [0.15, 0.2) is 67.3 Å². The molecule has 1 aliphatic rings. The van der Waals surface area contributed by atoms with Crippen LogP contribution in [0.25, 0.3) is 29.2 Å². The quantitative estimate of drug-likeness (QED) is 0.654. The van der Waals surface area contributed by atoms with Crippen molar-refractivity contribution in [2.24, 2.45) is 0 Å². The molecule has 1 aromatic heterocycles. The van der Waals surface area contributed by atoms with Gasteiger partial charge in [-0.1, -0.05) is 61.2 Å². The van der Waals surface area contributed by atoms with Crippen molar-refractivity contribution in [1.29, 1.82) is 0 Å². The molecule has 3 aromatic rings. The number of hydrogen-bond donors (Lipinski definition) is 0. The molecule has 4 rings (SSSR count). The maximum Gasteiger partial charge on any atom is 0.145 e. The first-order valence-corrected chi connectivity index (χ1v) is 7.93. The Bertz CT molecular complexity index is 868. The van der Waals surface area contributed by atoms with Gasteiger partial charge < -0.3 is 0 Å². The van der Waals surface area contributed by atoms with Crippen LogP contribution in [-0.4, -0.2) is 9.55 Å². The zero-order chi connectivity index (χ0) is 15.6. The molecule has 0 bridgehead atoms. The highest BCUT2D eigenvalue weighted by Crippen LogP contribution is 2.30. The van der Waals surface area contributed by atoms with E-state index in [1.807, 2.05) is 12.1 Å². The number of fused-ring (bicyclic) bond motifs is 1. The summed E-state index contributed by atoms with van der Waals surface area (Å²) in [6, 6.07) is 18.9. The van der Waals surface area contributed by atoms with Gasteiger partial charge in [-0.2, -0.15) is 0 Å². The molecule has 0 saturated heterocycles. The van der Waals surface area contributed by atoms with E-state index in [1.165, 1.54) is 11.4 Å². The number of allylic oxidation sites excluding steroid dienone is 1. The van der Waals surface area contributed by atoms with E-state index in [0.717, 1.165) is 35.5 Å². The van der Waals surface area contributed by atoms with E-state index in [4.69, 9.17) is 4.98 Å². The van der Waals surface area contributed by atoms with Gasteiger partial charge in [0.15, 0.2) is 0 Å². The Morgan fingerprint density at radius 3 is 2.52 bits per heavy atom. The molecule has 0 fully saturated rings. The summed E-state index contributed by atoms with van der Waals surface area (Å²) in [6.07, 6.45) is 8.30. The summed E-state index contributed by atoms with van der Waals surface area (Å²) >= 11 is 0. The van der Waals surface area contributed by atoms with E-state index in [1.54, 1.807) is 0 Å². The van der Waals surface area contributed by atoms with E-state index >= 15 is 0 Å². The molecule has 2 nitrogen and oxygen atoms in total. The van der Waals surface area contributed by atoms with Gasteiger partial charge in [0.05, 0.1) is 11.4 Å². The highest BCUT2D eigenvalue weighted by molar-refractivity contribution is 5.66. The molecule has 0 atom stereocenters. The van der Waals surface area contributed by atoms with Gasteiger partial charge in [0, 0.05) is 11.3 Å². The summed E-state index contributed by atoms with van der Waals surface area (Å²) in [5.41, 5.74) is 5.79. The Kier molecular flexibility index (Phi) is 3.43. The topological polar surface area (TPSA) is 17.8 Å². The van der Waals surface area contributed by atoms with Gasteiger partial charge in [0.25, 0.3) is 0 Å².